The van der Waals surface area contributed by atoms with Crippen LogP contribution in [0.5, 0.6) is 0 Å². The van der Waals surface area contributed by atoms with E-state index >= 15 is 0 Å². The number of rotatable bonds is 8. The molecule has 4 heteroatoms. The quantitative estimate of drug-likeness (QED) is 0.676. The van der Waals surface area contributed by atoms with Gasteiger partial charge in [0.05, 0.1) is 0 Å². The number of thioether (sulfide) groups is 1. The third-order valence-electron chi connectivity index (χ3n) is 2.34. The Bertz CT molecular complexity index is 199. The first kappa shape index (κ1) is 14.8. The molecule has 0 aromatic rings. The molecule has 0 aliphatic carbocycles. The van der Waals surface area contributed by atoms with Gasteiger partial charge in [-0.15, -0.1) is 0 Å². The molecular formula is C11H23NO2S. The summed E-state index contributed by atoms with van der Waals surface area (Å²) in [5, 5.41) is 12.6. The number of carboxylic acid groups (broad SMARTS) is 1. The van der Waals surface area contributed by atoms with E-state index in [0.29, 0.717) is 18.2 Å². The molecule has 90 valence electrons. The minimum atomic E-state index is -0.783. The van der Waals surface area contributed by atoms with Gasteiger partial charge in [0.25, 0.3) is 0 Å². The van der Waals surface area contributed by atoms with Crippen LogP contribution in [-0.4, -0.2) is 34.2 Å². The molecule has 0 fully saturated rings. The number of likely N-dealkylation sites (N-methyl/N-ethyl adjacent to an activating group) is 1. The van der Waals surface area contributed by atoms with Gasteiger partial charge in [-0.3, -0.25) is 4.79 Å². The summed E-state index contributed by atoms with van der Waals surface area (Å²) in [6, 6.07) is 0. The van der Waals surface area contributed by atoms with Crippen molar-refractivity contribution in [3.05, 3.63) is 0 Å². The molecular weight excluding hydrogens is 210 g/mol. The molecule has 0 spiro atoms. The maximum Gasteiger partial charge on any atom is 0.323 e. The summed E-state index contributed by atoms with van der Waals surface area (Å²) in [4.78, 5) is 11.1. The normalized spacial score (nSPS) is 17.1. The molecule has 2 N–H and O–H groups in total. The van der Waals surface area contributed by atoms with Gasteiger partial charge in [0.1, 0.15) is 5.54 Å². The second-order valence-corrected chi connectivity index (χ2v) is 5.60. The molecule has 2 unspecified atom stereocenters. The smallest absolute Gasteiger partial charge is 0.323 e. The third-order valence-corrected chi connectivity index (χ3v) is 3.72. The first-order valence-electron chi connectivity index (χ1n) is 5.56. The molecule has 0 aromatic heterocycles. The number of nitrogens with one attached hydrogen (secondary N) is 1. The third kappa shape index (κ3) is 5.42. The minimum Gasteiger partial charge on any atom is -0.480 e. The highest BCUT2D eigenvalue weighted by Gasteiger charge is 2.33. The Labute approximate surface area is 97.0 Å². The van der Waals surface area contributed by atoms with Gasteiger partial charge in [-0.05, 0) is 32.1 Å². The van der Waals surface area contributed by atoms with Crippen molar-refractivity contribution in [1.29, 1.82) is 0 Å². The average Bonchev–Trinajstić information content (AvgIpc) is 2.14. The van der Waals surface area contributed by atoms with Crippen LogP contribution in [0.3, 0.4) is 0 Å². The first-order chi connectivity index (χ1) is 6.96. The van der Waals surface area contributed by atoms with Crippen molar-refractivity contribution in [1.82, 2.24) is 5.32 Å². The molecule has 0 radical (unpaired) electrons. The number of hydrogen-bond acceptors (Lipinski definition) is 3. The van der Waals surface area contributed by atoms with E-state index in [4.69, 9.17) is 5.11 Å². The molecule has 3 nitrogen and oxygen atoms in total. The van der Waals surface area contributed by atoms with Crippen molar-refractivity contribution < 1.29 is 9.90 Å². The molecule has 0 heterocycles. The molecule has 0 saturated heterocycles. The predicted octanol–water partition coefficient (Wildman–Crippen LogP) is 2.36. The topological polar surface area (TPSA) is 49.3 Å². The van der Waals surface area contributed by atoms with E-state index in [1.165, 1.54) is 0 Å². The highest BCUT2D eigenvalue weighted by atomic mass is 32.2. The van der Waals surface area contributed by atoms with E-state index < -0.39 is 11.5 Å². The van der Waals surface area contributed by atoms with E-state index in [2.05, 4.69) is 19.2 Å². The maximum absolute atomic E-state index is 11.1. The van der Waals surface area contributed by atoms with Crippen LogP contribution in [0.4, 0.5) is 0 Å². The van der Waals surface area contributed by atoms with Gasteiger partial charge < -0.3 is 10.4 Å². The van der Waals surface area contributed by atoms with Crippen molar-refractivity contribution in [2.24, 2.45) is 0 Å². The van der Waals surface area contributed by atoms with Crippen molar-refractivity contribution in [2.45, 2.75) is 51.3 Å². The van der Waals surface area contributed by atoms with Crippen LogP contribution in [0, 0.1) is 0 Å². The standard InChI is InChI=1S/C11H23NO2S/c1-5-7-15-9(3)8-11(4,10(13)14)12-6-2/h9,12H,5-8H2,1-4H3,(H,13,14). The lowest BCUT2D eigenvalue weighted by atomic mass is 9.96. The highest BCUT2D eigenvalue weighted by Crippen LogP contribution is 2.22. The highest BCUT2D eigenvalue weighted by molar-refractivity contribution is 7.99. The Balaban J connectivity index is 4.21. The van der Waals surface area contributed by atoms with Gasteiger partial charge in [0, 0.05) is 5.25 Å². The molecule has 0 aliphatic heterocycles. The summed E-state index contributed by atoms with van der Waals surface area (Å²) in [6.07, 6.45) is 1.81. The molecule has 2 atom stereocenters. The van der Waals surface area contributed by atoms with E-state index in [1.54, 1.807) is 6.92 Å². The van der Waals surface area contributed by atoms with Crippen LogP contribution in [0.2, 0.25) is 0 Å². The lowest BCUT2D eigenvalue weighted by molar-refractivity contribution is -0.144. The van der Waals surface area contributed by atoms with Crippen LogP contribution in [0.25, 0.3) is 0 Å². The second-order valence-electron chi connectivity index (χ2n) is 4.05. The van der Waals surface area contributed by atoms with Crippen molar-refractivity contribution in [2.75, 3.05) is 12.3 Å². The SMILES string of the molecule is CCCSC(C)CC(C)(NCC)C(=O)O. The summed E-state index contributed by atoms with van der Waals surface area (Å²) in [5.74, 6) is 0.344. The van der Waals surface area contributed by atoms with Gasteiger partial charge in [0.15, 0.2) is 0 Å². The predicted molar refractivity (Wildman–Crippen MR) is 66.5 cm³/mol. The van der Waals surface area contributed by atoms with Gasteiger partial charge in [-0.25, -0.2) is 0 Å². The first-order valence-corrected chi connectivity index (χ1v) is 6.61. The van der Waals surface area contributed by atoms with Crippen LogP contribution in [0.1, 0.15) is 40.5 Å². The second kappa shape index (κ2) is 7.12. The van der Waals surface area contributed by atoms with Gasteiger partial charge in [-0.1, -0.05) is 20.8 Å². The summed E-state index contributed by atoms with van der Waals surface area (Å²) in [7, 11) is 0. The molecule has 0 aliphatic rings. The van der Waals surface area contributed by atoms with E-state index in [1.807, 2.05) is 18.7 Å². The lowest BCUT2D eigenvalue weighted by Crippen LogP contribution is -2.50. The van der Waals surface area contributed by atoms with Crippen molar-refractivity contribution >= 4 is 17.7 Å². The summed E-state index contributed by atoms with van der Waals surface area (Å²) >= 11 is 1.84. The Morgan fingerprint density at radius 3 is 2.53 bits per heavy atom. The largest absolute Gasteiger partial charge is 0.480 e. The van der Waals surface area contributed by atoms with Gasteiger partial charge in [-0.2, -0.15) is 11.8 Å². The number of carboxylic acids is 1. The molecule has 0 bridgehead atoms. The molecule has 0 saturated carbocycles. The van der Waals surface area contributed by atoms with E-state index in [9.17, 15) is 4.79 Å². The molecule has 0 aromatic carbocycles. The zero-order valence-electron chi connectivity index (χ0n) is 10.2. The van der Waals surface area contributed by atoms with Crippen LogP contribution >= 0.6 is 11.8 Å². The molecule has 0 amide bonds. The van der Waals surface area contributed by atoms with Crippen LogP contribution in [0.15, 0.2) is 0 Å². The molecule has 15 heavy (non-hydrogen) atoms. The number of hydrogen-bond donors (Lipinski definition) is 2. The van der Waals surface area contributed by atoms with E-state index in [-0.39, 0.29) is 0 Å². The average molecular weight is 233 g/mol. The number of aliphatic carboxylic acids is 1. The fourth-order valence-corrected chi connectivity index (χ4v) is 2.67. The monoisotopic (exact) mass is 233 g/mol. The fourth-order valence-electron chi connectivity index (χ4n) is 1.58. The Morgan fingerprint density at radius 1 is 1.53 bits per heavy atom. The fraction of sp³-hybridized carbons (Fsp3) is 0.909. The van der Waals surface area contributed by atoms with Crippen molar-refractivity contribution in [3.63, 3.8) is 0 Å². The molecule has 0 rings (SSSR count). The Hall–Kier alpha value is -0.220. The zero-order chi connectivity index (χ0) is 11.9. The summed E-state index contributed by atoms with van der Waals surface area (Å²) in [6.45, 7) is 8.63. The Kier molecular flexibility index (Phi) is 7.02. The maximum atomic E-state index is 11.1. The van der Waals surface area contributed by atoms with Gasteiger partial charge in [0.2, 0.25) is 0 Å². The minimum absolute atomic E-state index is 0.380. The Morgan fingerprint density at radius 2 is 2.13 bits per heavy atom. The van der Waals surface area contributed by atoms with Crippen molar-refractivity contribution in [3.8, 4) is 0 Å². The zero-order valence-corrected chi connectivity index (χ0v) is 11.0. The van der Waals surface area contributed by atoms with E-state index in [0.717, 1.165) is 12.2 Å². The van der Waals surface area contributed by atoms with Gasteiger partial charge >= 0.3 is 5.97 Å². The lowest BCUT2D eigenvalue weighted by Gasteiger charge is -2.28. The number of carbonyl (C=O) groups is 1. The summed E-state index contributed by atoms with van der Waals surface area (Å²) < 4.78 is 0. The van der Waals surface area contributed by atoms with Crippen LogP contribution in [-0.2, 0) is 4.79 Å². The van der Waals surface area contributed by atoms with Crippen LogP contribution < -0.4 is 5.32 Å². The summed E-state index contributed by atoms with van der Waals surface area (Å²) in [5.41, 5.74) is -0.783.